The molecule has 4 heteroatoms. The van der Waals surface area contributed by atoms with Crippen LogP contribution in [-0.2, 0) is 9.53 Å². The van der Waals surface area contributed by atoms with Gasteiger partial charge in [-0.15, -0.1) is 0 Å². The zero-order valence-corrected chi connectivity index (χ0v) is 12.7. The second-order valence-electron chi connectivity index (χ2n) is 6.39. The molecule has 0 spiro atoms. The fourth-order valence-corrected chi connectivity index (χ4v) is 3.41. The van der Waals surface area contributed by atoms with Crippen molar-refractivity contribution in [3.63, 3.8) is 0 Å². The molecule has 0 atom stereocenters. The smallest absolute Gasteiger partial charge is 0.248 e. The zero-order valence-electron chi connectivity index (χ0n) is 12.7. The standard InChI is InChI=1S/C16H30N2O2/c17-14-16(9-5-1-2-6-10-16)20-13-15(19)18-11-7-3-4-8-12-18/h1-14,17H2. The highest BCUT2D eigenvalue weighted by atomic mass is 16.5. The van der Waals surface area contributed by atoms with Crippen molar-refractivity contribution in [3.8, 4) is 0 Å². The molecule has 0 aromatic heterocycles. The number of carbonyl (C=O) groups excluding carboxylic acids is 1. The third-order valence-electron chi connectivity index (χ3n) is 4.85. The number of hydrogen-bond donors (Lipinski definition) is 1. The number of hydrogen-bond acceptors (Lipinski definition) is 3. The van der Waals surface area contributed by atoms with Crippen molar-refractivity contribution >= 4 is 5.91 Å². The van der Waals surface area contributed by atoms with Crippen molar-refractivity contribution in [2.75, 3.05) is 26.2 Å². The van der Waals surface area contributed by atoms with Gasteiger partial charge in [-0.2, -0.15) is 0 Å². The van der Waals surface area contributed by atoms with Crippen LogP contribution in [0.25, 0.3) is 0 Å². The summed E-state index contributed by atoms with van der Waals surface area (Å²) in [6.07, 6.45) is 11.7. The first-order chi connectivity index (χ1) is 9.76. The Balaban J connectivity index is 1.83. The number of nitrogens with zero attached hydrogens (tertiary/aromatic N) is 1. The summed E-state index contributed by atoms with van der Waals surface area (Å²) in [5.41, 5.74) is 5.71. The Bertz CT molecular complexity index is 291. The molecule has 1 aliphatic carbocycles. The zero-order chi connectivity index (χ0) is 14.3. The van der Waals surface area contributed by atoms with Crippen LogP contribution >= 0.6 is 0 Å². The van der Waals surface area contributed by atoms with Gasteiger partial charge in [0.15, 0.2) is 0 Å². The van der Waals surface area contributed by atoms with Crippen LogP contribution in [0, 0.1) is 0 Å². The molecule has 2 fully saturated rings. The van der Waals surface area contributed by atoms with Crippen LogP contribution in [0.15, 0.2) is 0 Å². The lowest BCUT2D eigenvalue weighted by Gasteiger charge is -2.32. The minimum Gasteiger partial charge on any atom is -0.364 e. The molecule has 116 valence electrons. The van der Waals surface area contributed by atoms with Gasteiger partial charge in [-0.25, -0.2) is 0 Å². The van der Waals surface area contributed by atoms with E-state index in [1.807, 2.05) is 4.90 Å². The van der Waals surface area contributed by atoms with Gasteiger partial charge in [0.05, 0.1) is 5.60 Å². The van der Waals surface area contributed by atoms with Crippen molar-refractivity contribution in [1.82, 2.24) is 4.90 Å². The summed E-state index contributed by atoms with van der Waals surface area (Å²) in [5.74, 6) is 0.156. The lowest BCUT2D eigenvalue weighted by atomic mass is 9.94. The minimum absolute atomic E-state index is 0.156. The molecule has 0 bridgehead atoms. The molecule has 1 amide bonds. The van der Waals surface area contributed by atoms with E-state index < -0.39 is 0 Å². The van der Waals surface area contributed by atoms with E-state index in [1.165, 1.54) is 38.5 Å². The Morgan fingerprint density at radius 3 is 2.05 bits per heavy atom. The lowest BCUT2D eigenvalue weighted by Crippen LogP contribution is -2.44. The molecular formula is C16H30N2O2. The third-order valence-corrected chi connectivity index (χ3v) is 4.85. The van der Waals surface area contributed by atoms with Crippen LogP contribution in [-0.4, -0.2) is 42.6 Å². The summed E-state index contributed by atoms with van der Waals surface area (Å²) in [5, 5.41) is 0. The van der Waals surface area contributed by atoms with E-state index in [1.54, 1.807) is 0 Å². The largest absolute Gasteiger partial charge is 0.364 e. The van der Waals surface area contributed by atoms with Gasteiger partial charge in [0.2, 0.25) is 5.91 Å². The van der Waals surface area contributed by atoms with E-state index in [4.69, 9.17) is 10.5 Å². The van der Waals surface area contributed by atoms with Crippen LogP contribution in [0.3, 0.4) is 0 Å². The van der Waals surface area contributed by atoms with Gasteiger partial charge in [-0.3, -0.25) is 4.79 Å². The Hall–Kier alpha value is -0.610. The average molecular weight is 282 g/mol. The Kier molecular flexibility index (Phi) is 6.30. The van der Waals surface area contributed by atoms with Gasteiger partial charge in [0.25, 0.3) is 0 Å². The first-order valence-electron chi connectivity index (χ1n) is 8.38. The van der Waals surface area contributed by atoms with Crippen molar-refractivity contribution in [2.45, 2.75) is 69.8 Å². The molecule has 0 aromatic rings. The molecule has 0 unspecified atom stereocenters. The number of amides is 1. The fraction of sp³-hybridized carbons (Fsp3) is 0.938. The molecular weight excluding hydrogens is 252 g/mol. The van der Waals surface area contributed by atoms with Gasteiger partial charge >= 0.3 is 0 Å². The van der Waals surface area contributed by atoms with Gasteiger partial charge in [-0.05, 0) is 25.7 Å². The summed E-state index contributed by atoms with van der Waals surface area (Å²) < 4.78 is 6.04. The summed E-state index contributed by atoms with van der Waals surface area (Å²) in [4.78, 5) is 14.3. The number of ether oxygens (including phenoxy) is 1. The first kappa shape index (κ1) is 15.8. The second kappa shape index (κ2) is 7.99. The van der Waals surface area contributed by atoms with Gasteiger partial charge < -0.3 is 15.4 Å². The van der Waals surface area contributed by atoms with Crippen molar-refractivity contribution in [2.24, 2.45) is 5.73 Å². The normalized spacial score (nSPS) is 23.9. The van der Waals surface area contributed by atoms with E-state index in [-0.39, 0.29) is 18.1 Å². The molecule has 2 N–H and O–H groups in total. The van der Waals surface area contributed by atoms with E-state index in [9.17, 15) is 4.79 Å². The highest BCUT2D eigenvalue weighted by Gasteiger charge is 2.31. The molecule has 4 nitrogen and oxygen atoms in total. The van der Waals surface area contributed by atoms with Crippen LogP contribution in [0.2, 0.25) is 0 Å². The maximum absolute atomic E-state index is 12.3. The van der Waals surface area contributed by atoms with Crippen molar-refractivity contribution in [3.05, 3.63) is 0 Å². The summed E-state index contributed by atoms with van der Waals surface area (Å²) in [6.45, 7) is 2.56. The molecule has 1 saturated carbocycles. The van der Waals surface area contributed by atoms with Gasteiger partial charge in [0, 0.05) is 19.6 Å². The number of rotatable bonds is 4. The maximum atomic E-state index is 12.3. The molecule has 0 aromatic carbocycles. The molecule has 20 heavy (non-hydrogen) atoms. The molecule has 2 rings (SSSR count). The van der Waals surface area contributed by atoms with Crippen molar-refractivity contribution in [1.29, 1.82) is 0 Å². The number of nitrogens with two attached hydrogens (primary N) is 1. The summed E-state index contributed by atoms with van der Waals surface area (Å²) >= 11 is 0. The van der Waals surface area contributed by atoms with Crippen molar-refractivity contribution < 1.29 is 9.53 Å². The lowest BCUT2D eigenvalue weighted by molar-refractivity contribution is -0.144. The Morgan fingerprint density at radius 2 is 1.50 bits per heavy atom. The fourth-order valence-electron chi connectivity index (χ4n) is 3.41. The predicted octanol–water partition coefficient (Wildman–Crippen LogP) is 2.46. The Morgan fingerprint density at radius 1 is 0.950 bits per heavy atom. The molecule has 2 aliphatic rings. The Labute approximate surface area is 123 Å². The van der Waals surface area contributed by atoms with Crippen LogP contribution in [0.4, 0.5) is 0 Å². The summed E-state index contributed by atoms with van der Waals surface area (Å²) in [7, 11) is 0. The molecule has 1 saturated heterocycles. The molecule has 1 heterocycles. The monoisotopic (exact) mass is 282 g/mol. The number of likely N-dealkylation sites (tertiary alicyclic amines) is 1. The maximum Gasteiger partial charge on any atom is 0.248 e. The van der Waals surface area contributed by atoms with E-state index in [2.05, 4.69) is 0 Å². The quantitative estimate of drug-likeness (QED) is 0.806. The minimum atomic E-state index is -0.238. The average Bonchev–Trinajstić information content (AvgIpc) is 2.88. The molecule has 0 radical (unpaired) electrons. The first-order valence-corrected chi connectivity index (χ1v) is 8.38. The van der Waals surface area contributed by atoms with Gasteiger partial charge in [-0.1, -0.05) is 38.5 Å². The van der Waals surface area contributed by atoms with Gasteiger partial charge in [0.1, 0.15) is 6.61 Å². The highest BCUT2D eigenvalue weighted by Crippen LogP contribution is 2.29. The molecule has 1 aliphatic heterocycles. The number of carbonyl (C=O) groups is 1. The van der Waals surface area contributed by atoms with E-state index in [0.29, 0.717) is 6.54 Å². The third kappa shape index (κ3) is 4.45. The SMILES string of the molecule is NCC1(OCC(=O)N2CCCCCC2)CCCCCC1. The summed E-state index contributed by atoms with van der Waals surface area (Å²) in [6, 6.07) is 0. The van der Waals surface area contributed by atoms with Crippen LogP contribution in [0.5, 0.6) is 0 Å². The van der Waals surface area contributed by atoms with E-state index in [0.717, 1.165) is 38.8 Å². The second-order valence-corrected chi connectivity index (χ2v) is 6.39. The highest BCUT2D eigenvalue weighted by molar-refractivity contribution is 5.77. The van der Waals surface area contributed by atoms with E-state index >= 15 is 0 Å². The predicted molar refractivity (Wildman–Crippen MR) is 80.5 cm³/mol. The topological polar surface area (TPSA) is 55.6 Å². The van der Waals surface area contributed by atoms with Crippen LogP contribution < -0.4 is 5.73 Å². The van der Waals surface area contributed by atoms with Crippen LogP contribution in [0.1, 0.15) is 64.2 Å².